The number of nitrogens with zero attached hydrogens (tertiary/aromatic N) is 3. The number of hydrogen-bond acceptors (Lipinski definition) is 3. The van der Waals surface area contributed by atoms with Gasteiger partial charge in [0.05, 0.1) is 23.5 Å². The van der Waals surface area contributed by atoms with Crippen molar-refractivity contribution >= 4 is 23.0 Å². The van der Waals surface area contributed by atoms with Crippen molar-refractivity contribution in [3.8, 4) is 0 Å². The first-order valence-corrected chi connectivity index (χ1v) is 8.52. The molecule has 1 fully saturated rings. The van der Waals surface area contributed by atoms with Gasteiger partial charge >= 0.3 is 12.0 Å². The summed E-state index contributed by atoms with van der Waals surface area (Å²) in [5, 5.41) is 12.1. The summed E-state index contributed by atoms with van der Waals surface area (Å²) in [6.07, 6.45) is 0.614. The van der Waals surface area contributed by atoms with Crippen LogP contribution in [0.4, 0.5) is 4.79 Å². The van der Waals surface area contributed by atoms with Gasteiger partial charge in [-0.3, -0.25) is 4.79 Å². The van der Waals surface area contributed by atoms with Gasteiger partial charge in [-0.15, -0.1) is 0 Å². The van der Waals surface area contributed by atoms with E-state index in [0.717, 1.165) is 22.4 Å². The average molecular weight is 344 g/mol. The summed E-state index contributed by atoms with van der Waals surface area (Å²) < 4.78 is 1.97. The summed E-state index contributed by atoms with van der Waals surface area (Å²) in [6, 6.07) is 5.84. The molecule has 1 saturated heterocycles. The van der Waals surface area contributed by atoms with Crippen LogP contribution < -0.4 is 5.32 Å². The highest BCUT2D eigenvalue weighted by Gasteiger charge is 2.31. The number of fused-ring (bicyclic) bond motifs is 1. The van der Waals surface area contributed by atoms with E-state index in [0.29, 0.717) is 19.5 Å². The lowest BCUT2D eigenvalue weighted by atomic mass is 9.91. The Morgan fingerprint density at radius 1 is 1.36 bits per heavy atom. The van der Waals surface area contributed by atoms with Crippen LogP contribution >= 0.6 is 0 Å². The van der Waals surface area contributed by atoms with Crippen LogP contribution in [-0.2, 0) is 18.4 Å². The molecule has 2 heterocycles. The zero-order valence-electron chi connectivity index (χ0n) is 14.8. The number of likely N-dealkylation sites (tertiary alicyclic amines) is 1. The number of carboxylic acid groups (broad SMARTS) is 1. The average Bonchev–Trinajstić information content (AvgIpc) is 2.87. The number of aromatic nitrogens is 2. The summed E-state index contributed by atoms with van der Waals surface area (Å²) >= 11 is 0. The quantitative estimate of drug-likeness (QED) is 0.893. The predicted molar refractivity (Wildman–Crippen MR) is 94.2 cm³/mol. The van der Waals surface area contributed by atoms with E-state index in [1.165, 1.54) is 0 Å². The maximum Gasteiger partial charge on any atom is 0.317 e. The lowest BCUT2D eigenvalue weighted by Gasteiger charge is -2.34. The van der Waals surface area contributed by atoms with E-state index in [-0.39, 0.29) is 18.5 Å². The molecule has 0 spiro atoms. The molecule has 7 nitrogen and oxygen atoms in total. The van der Waals surface area contributed by atoms with Gasteiger partial charge in [0.2, 0.25) is 0 Å². The van der Waals surface area contributed by atoms with Crippen LogP contribution in [0.3, 0.4) is 0 Å². The summed E-state index contributed by atoms with van der Waals surface area (Å²) in [4.78, 5) is 29.9. The lowest BCUT2D eigenvalue weighted by molar-refractivity contribution is -0.143. The molecule has 1 aromatic heterocycles. The highest BCUT2D eigenvalue weighted by molar-refractivity contribution is 5.78. The third kappa shape index (κ3) is 3.60. The molecular formula is C18H24N4O3. The van der Waals surface area contributed by atoms with Gasteiger partial charge in [-0.1, -0.05) is 13.0 Å². The summed E-state index contributed by atoms with van der Waals surface area (Å²) in [7, 11) is 1.93. The molecule has 0 aliphatic carbocycles. The van der Waals surface area contributed by atoms with Crippen LogP contribution in [0.25, 0.3) is 11.0 Å². The Hall–Kier alpha value is -2.57. The van der Waals surface area contributed by atoms with Gasteiger partial charge in [0, 0.05) is 20.1 Å². The minimum Gasteiger partial charge on any atom is -0.481 e. The molecule has 0 radical (unpaired) electrons. The molecule has 7 heteroatoms. The summed E-state index contributed by atoms with van der Waals surface area (Å²) in [6.45, 7) is 5.14. The van der Waals surface area contributed by atoms with Crippen LogP contribution in [-0.4, -0.2) is 44.6 Å². The number of nitrogens with one attached hydrogen (secondary N) is 1. The minimum absolute atomic E-state index is 0.180. The Kier molecular flexibility index (Phi) is 4.65. The maximum absolute atomic E-state index is 12.5. The second-order valence-corrected chi connectivity index (χ2v) is 7.02. The highest BCUT2D eigenvalue weighted by Crippen LogP contribution is 2.22. The number of hydrogen-bond donors (Lipinski definition) is 2. The predicted octanol–water partition coefficient (Wildman–Crippen LogP) is 2.13. The van der Waals surface area contributed by atoms with Gasteiger partial charge in [-0.25, -0.2) is 9.78 Å². The Morgan fingerprint density at radius 3 is 2.84 bits per heavy atom. The van der Waals surface area contributed by atoms with Crippen molar-refractivity contribution in [2.75, 3.05) is 13.1 Å². The molecule has 1 aliphatic heterocycles. The van der Waals surface area contributed by atoms with E-state index < -0.39 is 11.9 Å². The fourth-order valence-corrected chi connectivity index (χ4v) is 3.48. The third-order valence-corrected chi connectivity index (χ3v) is 4.82. The first-order chi connectivity index (χ1) is 11.8. The standard InChI is InChI=1S/C18H24N4O3/c1-11-4-5-15-14(7-11)20-16(21(15)3)8-19-18(25)22-9-12(2)6-13(10-22)17(23)24/h4-5,7,12-13H,6,8-10H2,1-3H3,(H,19,25)(H,23,24). The number of carboxylic acids is 1. The minimum atomic E-state index is -0.838. The second-order valence-electron chi connectivity index (χ2n) is 7.02. The van der Waals surface area contributed by atoms with Crippen molar-refractivity contribution in [1.29, 1.82) is 0 Å². The van der Waals surface area contributed by atoms with Crippen LogP contribution in [0.5, 0.6) is 0 Å². The van der Waals surface area contributed by atoms with Gasteiger partial charge in [-0.05, 0) is 37.0 Å². The van der Waals surface area contributed by atoms with Gasteiger partial charge in [0.1, 0.15) is 5.82 Å². The van der Waals surface area contributed by atoms with E-state index in [1.807, 2.05) is 43.7 Å². The number of piperidine rings is 1. The molecule has 3 rings (SSSR count). The fraction of sp³-hybridized carbons (Fsp3) is 0.500. The molecule has 2 N–H and O–H groups in total. The van der Waals surface area contributed by atoms with Gasteiger partial charge in [-0.2, -0.15) is 0 Å². The molecular weight excluding hydrogens is 320 g/mol. The Balaban J connectivity index is 1.68. The zero-order chi connectivity index (χ0) is 18.1. The van der Waals surface area contributed by atoms with E-state index >= 15 is 0 Å². The monoisotopic (exact) mass is 344 g/mol. The van der Waals surface area contributed by atoms with Crippen molar-refractivity contribution in [3.63, 3.8) is 0 Å². The number of aryl methyl sites for hydroxylation is 2. The summed E-state index contributed by atoms with van der Waals surface area (Å²) in [5.74, 6) is -0.378. The summed E-state index contributed by atoms with van der Waals surface area (Å²) in [5.41, 5.74) is 3.07. The Labute approximate surface area is 146 Å². The molecule has 2 unspecified atom stereocenters. The van der Waals surface area contributed by atoms with E-state index in [9.17, 15) is 14.7 Å². The number of amides is 2. The molecule has 134 valence electrons. The number of urea groups is 1. The van der Waals surface area contributed by atoms with E-state index in [1.54, 1.807) is 4.90 Å². The third-order valence-electron chi connectivity index (χ3n) is 4.82. The number of carbonyl (C=O) groups is 2. The van der Waals surface area contributed by atoms with Gasteiger partial charge in [0.15, 0.2) is 0 Å². The maximum atomic E-state index is 12.5. The molecule has 2 aromatic rings. The molecule has 25 heavy (non-hydrogen) atoms. The number of rotatable bonds is 3. The SMILES string of the molecule is Cc1ccc2c(c1)nc(CNC(=O)N1CC(C)CC(C(=O)O)C1)n2C. The van der Waals surface area contributed by atoms with Crippen LogP contribution in [0, 0.1) is 18.8 Å². The molecule has 0 bridgehead atoms. The Bertz CT molecular complexity index is 814. The first kappa shape index (κ1) is 17.3. The van der Waals surface area contributed by atoms with Crippen molar-refractivity contribution in [2.45, 2.75) is 26.8 Å². The van der Waals surface area contributed by atoms with Crippen LogP contribution in [0.1, 0.15) is 24.7 Å². The van der Waals surface area contributed by atoms with Gasteiger partial charge < -0.3 is 19.9 Å². The van der Waals surface area contributed by atoms with E-state index in [2.05, 4.69) is 10.3 Å². The van der Waals surface area contributed by atoms with Crippen molar-refractivity contribution in [2.24, 2.45) is 18.9 Å². The van der Waals surface area contributed by atoms with Crippen molar-refractivity contribution in [1.82, 2.24) is 19.8 Å². The smallest absolute Gasteiger partial charge is 0.317 e. The number of imidazole rings is 1. The lowest BCUT2D eigenvalue weighted by Crippen LogP contribution is -2.49. The van der Waals surface area contributed by atoms with Gasteiger partial charge in [0.25, 0.3) is 0 Å². The largest absolute Gasteiger partial charge is 0.481 e. The first-order valence-electron chi connectivity index (χ1n) is 8.52. The van der Waals surface area contributed by atoms with Crippen molar-refractivity contribution < 1.29 is 14.7 Å². The van der Waals surface area contributed by atoms with E-state index in [4.69, 9.17) is 0 Å². The molecule has 1 aromatic carbocycles. The topological polar surface area (TPSA) is 87.5 Å². The molecule has 1 aliphatic rings. The van der Waals surface area contributed by atoms with Crippen molar-refractivity contribution in [3.05, 3.63) is 29.6 Å². The second kappa shape index (κ2) is 6.74. The Morgan fingerprint density at radius 2 is 2.12 bits per heavy atom. The number of aliphatic carboxylic acids is 1. The number of benzene rings is 1. The fourth-order valence-electron chi connectivity index (χ4n) is 3.48. The van der Waals surface area contributed by atoms with Crippen LogP contribution in [0.2, 0.25) is 0 Å². The molecule has 2 atom stereocenters. The number of carbonyl (C=O) groups excluding carboxylic acids is 1. The normalized spacial score (nSPS) is 20.7. The highest BCUT2D eigenvalue weighted by atomic mass is 16.4. The van der Waals surface area contributed by atoms with Crippen LogP contribution in [0.15, 0.2) is 18.2 Å². The molecule has 0 saturated carbocycles. The zero-order valence-corrected chi connectivity index (χ0v) is 14.8. The molecule has 2 amide bonds.